The molecule has 122 valence electrons. The molecule has 1 fully saturated rings. The number of H-pyrrole nitrogens is 1. The molecular formula is C18H20N6. The van der Waals surface area contributed by atoms with Gasteiger partial charge in [0.25, 0.3) is 0 Å². The molecule has 1 atom stereocenters. The van der Waals surface area contributed by atoms with E-state index in [0.29, 0.717) is 12.0 Å². The van der Waals surface area contributed by atoms with E-state index in [1.165, 1.54) is 0 Å². The zero-order chi connectivity index (χ0) is 16.5. The van der Waals surface area contributed by atoms with Crippen molar-refractivity contribution in [1.82, 2.24) is 24.7 Å². The van der Waals surface area contributed by atoms with Crippen molar-refractivity contribution in [1.29, 1.82) is 5.26 Å². The van der Waals surface area contributed by atoms with Crippen LogP contribution >= 0.6 is 0 Å². The first kappa shape index (κ1) is 14.9. The Bertz CT molecular complexity index is 878. The number of aromatic amines is 1. The Morgan fingerprint density at radius 1 is 1.29 bits per heavy atom. The second-order valence-corrected chi connectivity index (χ2v) is 6.66. The summed E-state index contributed by atoms with van der Waals surface area (Å²) in [4.78, 5) is 11.8. The number of hydrogen-bond acceptors (Lipinski definition) is 4. The number of nitrogens with zero attached hydrogens (tertiary/aromatic N) is 5. The van der Waals surface area contributed by atoms with Crippen LogP contribution in [0.2, 0.25) is 0 Å². The molecule has 1 saturated carbocycles. The summed E-state index contributed by atoms with van der Waals surface area (Å²) < 4.78 is 2.07. The fourth-order valence-corrected chi connectivity index (χ4v) is 3.73. The van der Waals surface area contributed by atoms with Gasteiger partial charge in [-0.05, 0) is 44.6 Å². The van der Waals surface area contributed by atoms with Crippen LogP contribution < -0.4 is 0 Å². The first-order valence-corrected chi connectivity index (χ1v) is 8.48. The maximum atomic E-state index is 9.09. The highest BCUT2D eigenvalue weighted by atomic mass is 15.3. The standard InChI is InChI=1S/C18H20N6/c1-12(8-19)13-2-4-15(5-3-13)24-10-14(9-23-24)17-16-6-7-20-18(16)22-11-21-17/h6-7,9-13,15H,2-5H2,1H3,(H,20,21,22). The lowest BCUT2D eigenvalue weighted by Gasteiger charge is -2.29. The molecule has 0 aliphatic heterocycles. The number of nitrogens with one attached hydrogen (secondary N) is 1. The monoisotopic (exact) mass is 320 g/mol. The van der Waals surface area contributed by atoms with Gasteiger partial charge in [-0.3, -0.25) is 4.68 Å². The summed E-state index contributed by atoms with van der Waals surface area (Å²) >= 11 is 0. The van der Waals surface area contributed by atoms with Gasteiger partial charge in [-0.25, -0.2) is 9.97 Å². The largest absolute Gasteiger partial charge is 0.346 e. The normalized spacial score (nSPS) is 22.3. The Balaban J connectivity index is 1.54. The molecule has 6 heteroatoms. The first-order chi connectivity index (χ1) is 11.8. The van der Waals surface area contributed by atoms with Crippen LogP contribution in [0.3, 0.4) is 0 Å². The summed E-state index contributed by atoms with van der Waals surface area (Å²) in [5.74, 6) is 0.685. The highest BCUT2D eigenvalue weighted by molar-refractivity contribution is 5.89. The first-order valence-electron chi connectivity index (χ1n) is 8.48. The number of aromatic nitrogens is 5. The van der Waals surface area contributed by atoms with Crippen LogP contribution in [-0.4, -0.2) is 24.7 Å². The Hall–Kier alpha value is -2.68. The molecule has 3 heterocycles. The number of hydrogen-bond donors (Lipinski definition) is 1. The van der Waals surface area contributed by atoms with Crippen molar-refractivity contribution in [2.75, 3.05) is 0 Å². The summed E-state index contributed by atoms with van der Waals surface area (Å²) in [6, 6.07) is 4.81. The van der Waals surface area contributed by atoms with E-state index in [1.807, 2.05) is 25.4 Å². The lowest BCUT2D eigenvalue weighted by Crippen LogP contribution is -2.21. The molecule has 3 aromatic heterocycles. The van der Waals surface area contributed by atoms with E-state index in [1.54, 1.807) is 6.33 Å². The van der Waals surface area contributed by atoms with Crippen LogP contribution in [0.25, 0.3) is 22.3 Å². The van der Waals surface area contributed by atoms with Crippen molar-refractivity contribution >= 4 is 11.0 Å². The predicted molar refractivity (Wildman–Crippen MR) is 90.9 cm³/mol. The van der Waals surface area contributed by atoms with Gasteiger partial charge >= 0.3 is 0 Å². The van der Waals surface area contributed by atoms with E-state index in [0.717, 1.165) is 48.0 Å². The maximum Gasteiger partial charge on any atom is 0.141 e. The molecule has 3 aromatic rings. The average molecular weight is 320 g/mol. The Morgan fingerprint density at radius 2 is 2.12 bits per heavy atom. The number of rotatable bonds is 3. The molecule has 24 heavy (non-hydrogen) atoms. The van der Waals surface area contributed by atoms with Crippen molar-refractivity contribution in [3.8, 4) is 17.3 Å². The van der Waals surface area contributed by atoms with Gasteiger partial charge in [0.1, 0.15) is 12.0 Å². The highest BCUT2D eigenvalue weighted by Crippen LogP contribution is 2.36. The molecule has 1 N–H and O–H groups in total. The SMILES string of the molecule is CC(C#N)C1CCC(n2cc(-c3ncnc4[nH]ccc34)cn2)CC1. The lowest BCUT2D eigenvalue weighted by atomic mass is 9.79. The van der Waals surface area contributed by atoms with E-state index < -0.39 is 0 Å². The van der Waals surface area contributed by atoms with E-state index >= 15 is 0 Å². The molecule has 1 aliphatic carbocycles. The molecule has 1 aliphatic rings. The molecule has 0 radical (unpaired) electrons. The van der Waals surface area contributed by atoms with Gasteiger partial charge in [-0.15, -0.1) is 0 Å². The van der Waals surface area contributed by atoms with Gasteiger partial charge in [0.05, 0.1) is 24.0 Å². The topological polar surface area (TPSA) is 83.2 Å². The van der Waals surface area contributed by atoms with E-state index in [9.17, 15) is 0 Å². The van der Waals surface area contributed by atoms with Crippen molar-refractivity contribution in [2.45, 2.75) is 38.6 Å². The van der Waals surface area contributed by atoms with Crippen molar-refractivity contribution in [3.63, 3.8) is 0 Å². The van der Waals surface area contributed by atoms with Crippen LogP contribution in [0.1, 0.15) is 38.6 Å². The quantitative estimate of drug-likeness (QED) is 0.797. The third-order valence-corrected chi connectivity index (χ3v) is 5.26. The summed E-state index contributed by atoms with van der Waals surface area (Å²) in [5, 5.41) is 14.7. The lowest BCUT2D eigenvalue weighted by molar-refractivity contribution is 0.231. The number of nitriles is 1. The van der Waals surface area contributed by atoms with Crippen molar-refractivity contribution < 1.29 is 0 Å². The van der Waals surface area contributed by atoms with Gasteiger partial charge < -0.3 is 4.98 Å². The Kier molecular flexibility index (Phi) is 3.77. The zero-order valence-electron chi connectivity index (χ0n) is 13.7. The molecular weight excluding hydrogens is 300 g/mol. The minimum absolute atomic E-state index is 0.155. The third-order valence-electron chi connectivity index (χ3n) is 5.26. The Morgan fingerprint density at radius 3 is 2.92 bits per heavy atom. The molecule has 0 aromatic carbocycles. The third kappa shape index (κ3) is 2.56. The predicted octanol–water partition coefficient (Wildman–Crippen LogP) is 3.71. The number of fused-ring (bicyclic) bond motifs is 1. The van der Waals surface area contributed by atoms with Crippen LogP contribution in [0, 0.1) is 23.2 Å². The van der Waals surface area contributed by atoms with Crippen LogP contribution in [0.4, 0.5) is 0 Å². The zero-order valence-corrected chi connectivity index (χ0v) is 13.7. The maximum absolute atomic E-state index is 9.09. The summed E-state index contributed by atoms with van der Waals surface area (Å²) in [6.45, 7) is 2.04. The molecule has 0 saturated heterocycles. The Labute approximate surface area is 140 Å². The minimum Gasteiger partial charge on any atom is -0.346 e. The second kappa shape index (κ2) is 6.08. The summed E-state index contributed by atoms with van der Waals surface area (Å²) in [7, 11) is 0. The van der Waals surface area contributed by atoms with E-state index in [-0.39, 0.29) is 5.92 Å². The molecule has 4 rings (SSSR count). The molecule has 0 bridgehead atoms. The van der Waals surface area contributed by atoms with Crippen LogP contribution in [-0.2, 0) is 0 Å². The molecule has 1 unspecified atom stereocenters. The fourth-order valence-electron chi connectivity index (χ4n) is 3.73. The molecule has 6 nitrogen and oxygen atoms in total. The van der Waals surface area contributed by atoms with Crippen LogP contribution in [0.5, 0.6) is 0 Å². The minimum atomic E-state index is 0.155. The van der Waals surface area contributed by atoms with Crippen molar-refractivity contribution in [2.24, 2.45) is 11.8 Å². The van der Waals surface area contributed by atoms with Gasteiger partial charge in [-0.1, -0.05) is 0 Å². The molecule has 0 spiro atoms. The summed E-state index contributed by atoms with van der Waals surface area (Å²) in [6.07, 6.45) is 11.8. The average Bonchev–Trinajstić information content (AvgIpc) is 3.30. The molecule has 0 amide bonds. The van der Waals surface area contributed by atoms with Gasteiger partial charge in [0, 0.05) is 29.3 Å². The highest BCUT2D eigenvalue weighted by Gasteiger charge is 2.26. The smallest absolute Gasteiger partial charge is 0.141 e. The van der Waals surface area contributed by atoms with Gasteiger partial charge in [-0.2, -0.15) is 10.4 Å². The summed E-state index contributed by atoms with van der Waals surface area (Å²) in [5.41, 5.74) is 2.78. The van der Waals surface area contributed by atoms with Crippen molar-refractivity contribution in [3.05, 3.63) is 31.0 Å². The fraction of sp³-hybridized carbons (Fsp3) is 0.444. The second-order valence-electron chi connectivity index (χ2n) is 6.66. The van der Waals surface area contributed by atoms with E-state index in [4.69, 9.17) is 5.26 Å². The van der Waals surface area contributed by atoms with E-state index in [2.05, 4.69) is 37.0 Å². The van der Waals surface area contributed by atoms with Gasteiger partial charge in [0.2, 0.25) is 0 Å². The van der Waals surface area contributed by atoms with Gasteiger partial charge in [0.15, 0.2) is 0 Å². The van der Waals surface area contributed by atoms with Crippen LogP contribution in [0.15, 0.2) is 31.0 Å².